The number of halogens is 6. The highest BCUT2D eigenvalue weighted by atomic mass is 19.4. The molecule has 118 valence electrons. The molecule has 2 heterocycles. The second kappa shape index (κ2) is 4.44. The lowest BCUT2D eigenvalue weighted by Gasteiger charge is -2.26. The lowest BCUT2D eigenvalue weighted by Crippen LogP contribution is -2.29. The van der Waals surface area contributed by atoms with Crippen LogP contribution >= 0.6 is 0 Å². The van der Waals surface area contributed by atoms with Gasteiger partial charge in [0.25, 0.3) is 0 Å². The first-order chi connectivity index (χ1) is 10.1. The number of fused-ring (bicyclic) bond motifs is 2. The summed E-state index contributed by atoms with van der Waals surface area (Å²) in [7, 11) is 1.24. The third-order valence-electron chi connectivity index (χ3n) is 3.63. The van der Waals surface area contributed by atoms with Crippen molar-refractivity contribution in [2.45, 2.75) is 18.4 Å². The molecule has 8 heteroatoms. The van der Waals surface area contributed by atoms with Crippen molar-refractivity contribution in [1.82, 2.24) is 10.2 Å². The van der Waals surface area contributed by atoms with E-state index < -0.39 is 29.7 Å². The Morgan fingerprint density at radius 2 is 1.73 bits per heavy atom. The Balaban J connectivity index is 2.11. The molecule has 0 aromatic heterocycles. The van der Waals surface area contributed by atoms with E-state index in [0.717, 1.165) is 23.1 Å². The molecule has 1 unspecified atom stereocenters. The molecular weight excluding hydrogens is 310 g/mol. The van der Waals surface area contributed by atoms with Gasteiger partial charge in [-0.05, 0) is 17.7 Å². The lowest BCUT2D eigenvalue weighted by molar-refractivity contribution is -0.106. The SMILES string of the molecule is CN1C=C2NC3C=CC(C(F)(F)F)=CC3=C2C=C1C(F)(F)F. The second-order valence-electron chi connectivity index (χ2n) is 5.13. The van der Waals surface area contributed by atoms with E-state index in [-0.39, 0.29) is 11.1 Å². The van der Waals surface area contributed by atoms with E-state index in [1.54, 1.807) is 0 Å². The molecule has 1 aliphatic carbocycles. The summed E-state index contributed by atoms with van der Waals surface area (Å²) < 4.78 is 77.2. The fourth-order valence-electron chi connectivity index (χ4n) is 2.61. The Morgan fingerprint density at radius 3 is 2.32 bits per heavy atom. The Morgan fingerprint density at radius 1 is 1.05 bits per heavy atom. The van der Waals surface area contributed by atoms with Crippen LogP contribution in [0.3, 0.4) is 0 Å². The second-order valence-corrected chi connectivity index (χ2v) is 5.13. The van der Waals surface area contributed by atoms with Gasteiger partial charge in [0.2, 0.25) is 0 Å². The topological polar surface area (TPSA) is 15.3 Å². The van der Waals surface area contributed by atoms with Gasteiger partial charge in [-0.3, -0.25) is 0 Å². The molecule has 0 amide bonds. The first-order valence-electron chi connectivity index (χ1n) is 6.29. The fraction of sp³-hybridized carbons (Fsp3) is 0.286. The fourth-order valence-corrected chi connectivity index (χ4v) is 2.61. The minimum Gasteiger partial charge on any atom is -0.373 e. The van der Waals surface area contributed by atoms with Crippen LogP contribution in [-0.4, -0.2) is 30.3 Å². The number of rotatable bonds is 0. The third kappa shape index (κ3) is 2.32. The van der Waals surface area contributed by atoms with Gasteiger partial charge in [0, 0.05) is 18.8 Å². The largest absolute Gasteiger partial charge is 0.431 e. The van der Waals surface area contributed by atoms with Crippen LogP contribution in [0.2, 0.25) is 0 Å². The maximum absolute atomic E-state index is 12.9. The first kappa shape index (κ1) is 14.8. The predicted octanol–water partition coefficient (Wildman–Crippen LogP) is 3.55. The third-order valence-corrected chi connectivity index (χ3v) is 3.63. The van der Waals surface area contributed by atoms with E-state index in [1.165, 1.54) is 19.3 Å². The highest BCUT2D eigenvalue weighted by molar-refractivity contribution is 5.61. The Kier molecular flexibility index (Phi) is 2.99. The lowest BCUT2D eigenvalue weighted by atomic mass is 9.94. The summed E-state index contributed by atoms with van der Waals surface area (Å²) in [6.07, 6.45) is -3.89. The summed E-state index contributed by atoms with van der Waals surface area (Å²) in [5.41, 5.74) is -1.09. The maximum atomic E-state index is 12.9. The molecule has 0 aromatic carbocycles. The van der Waals surface area contributed by atoms with Crippen LogP contribution in [0.5, 0.6) is 0 Å². The van der Waals surface area contributed by atoms with Gasteiger partial charge in [0.05, 0.1) is 17.3 Å². The first-order valence-corrected chi connectivity index (χ1v) is 6.29. The Hall–Kier alpha value is -2.12. The molecule has 0 aromatic rings. The van der Waals surface area contributed by atoms with Gasteiger partial charge < -0.3 is 10.2 Å². The monoisotopic (exact) mass is 320 g/mol. The smallest absolute Gasteiger partial charge is 0.373 e. The minimum atomic E-state index is -4.58. The Bertz CT molecular complexity index is 672. The molecule has 0 spiro atoms. The number of nitrogens with zero attached hydrogens (tertiary/aromatic N) is 1. The molecule has 1 N–H and O–H groups in total. The van der Waals surface area contributed by atoms with Crippen LogP contribution < -0.4 is 5.32 Å². The quantitative estimate of drug-likeness (QED) is 0.687. The van der Waals surface area contributed by atoms with Gasteiger partial charge in [-0.25, -0.2) is 0 Å². The van der Waals surface area contributed by atoms with Crippen molar-refractivity contribution >= 4 is 0 Å². The molecular formula is C14H10F6N2. The van der Waals surface area contributed by atoms with E-state index in [1.807, 2.05) is 0 Å². The molecule has 3 aliphatic rings. The molecule has 1 atom stereocenters. The number of alkyl halides is 6. The van der Waals surface area contributed by atoms with Crippen molar-refractivity contribution in [3.05, 3.63) is 58.6 Å². The van der Waals surface area contributed by atoms with E-state index in [0.29, 0.717) is 5.70 Å². The standard InChI is InChI=1S/C14H10F6N2/c1-22-6-11-9(5-12(22)14(18,19)20)8-4-7(13(15,16)17)2-3-10(8)21-11/h2-6,10,21H,1H3. The molecule has 2 aliphatic heterocycles. The summed E-state index contributed by atoms with van der Waals surface area (Å²) in [5, 5.41) is 2.90. The van der Waals surface area contributed by atoms with Crippen LogP contribution in [0, 0.1) is 0 Å². The zero-order valence-electron chi connectivity index (χ0n) is 11.2. The van der Waals surface area contributed by atoms with Gasteiger partial charge in [-0.1, -0.05) is 12.2 Å². The van der Waals surface area contributed by atoms with Crippen molar-refractivity contribution in [2.75, 3.05) is 7.05 Å². The molecule has 22 heavy (non-hydrogen) atoms. The van der Waals surface area contributed by atoms with Crippen molar-refractivity contribution in [3.8, 4) is 0 Å². The average Bonchev–Trinajstić information content (AvgIpc) is 2.71. The van der Waals surface area contributed by atoms with Gasteiger partial charge in [-0.2, -0.15) is 26.3 Å². The highest BCUT2D eigenvalue weighted by Crippen LogP contribution is 2.40. The van der Waals surface area contributed by atoms with Crippen LogP contribution in [0.1, 0.15) is 0 Å². The van der Waals surface area contributed by atoms with Gasteiger partial charge in [0.15, 0.2) is 0 Å². The number of hydrogen-bond acceptors (Lipinski definition) is 2. The molecule has 0 bridgehead atoms. The minimum absolute atomic E-state index is 0.140. The summed E-state index contributed by atoms with van der Waals surface area (Å²) >= 11 is 0. The van der Waals surface area contributed by atoms with Crippen molar-refractivity contribution in [1.29, 1.82) is 0 Å². The predicted molar refractivity (Wildman–Crippen MR) is 67.2 cm³/mol. The van der Waals surface area contributed by atoms with Crippen LogP contribution in [0.4, 0.5) is 26.3 Å². The molecule has 3 rings (SSSR count). The zero-order chi connectivity index (χ0) is 16.3. The van der Waals surface area contributed by atoms with Gasteiger partial charge >= 0.3 is 12.4 Å². The summed E-state index contributed by atoms with van der Waals surface area (Å²) in [5.74, 6) is 0. The van der Waals surface area contributed by atoms with Gasteiger partial charge in [-0.15, -0.1) is 0 Å². The number of nitrogens with one attached hydrogen (secondary N) is 1. The van der Waals surface area contributed by atoms with Gasteiger partial charge in [0.1, 0.15) is 5.70 Å². The zero-order valence-corrected chi connectivity index (χ0v) is 11.2. The van der Waals surface area contributed by atoms with E-state index in [4.69, 9.17) is 0 Å². The summed E-state index contributed by atoms with van der Waals surface area (Å²) in [4.78, 5) is 0.905. The van der Waals surface area contributed by atoms with E-state index >= 15 is 0 Å². The average molecular weight is 320 g/mol. The molecule has 0 saturated heterocycles. The summed E-state index contributed by atoms with van der Waals surface area (Å²) in [6, 6.07) is -0.551. The van der Waals surface area contributed by atoms with Crippen molar-refractivity contribution in [3.63, 3.8) is 0 Å². The molecule has 0 fully saturated rings. The van der Waals surface area contributed by atoms with Crippen LogP contribution in [0.25, 0.3) is 0 Å². The van der Waals surface area contributed by atoms with Crippen molar-refractivity contribution < 1.29 is 26.3 Å². The van der Waals surface area contributed by atoms with Crippen LogP contribution in [-0.2, 0) is 0 Å². The van der Waals surface area contributed by atoms with Crippen molar-refractivity contribution in [2.24, 2.45) is 0 Å². The molecule has 2 nitrogen and oxygen atoms in total. The molecule has 0 radical (unpaired) electrons. The number of allylic oxidation sites excluding steroid dienone is 4. The summed E-state index contributed by atoms with van der Waals surface area (Å²) in [6.45, 7) is 0. The highest BCUT2D eigenvalue weighted by Gasteiger charge is 2.41. The normalized spacial score (nSPS) is 24.4. The Labute approximate surface area is 121 Å². The molecule has 0 saturated carbocycles. The van der Waals surface area contributed by atoms with Crippen LogP contribution in [0.15, 0.2) is 58.6 Å². The maximum Gasteiger partial charge on any atom is 0.431 e. The number of hydrogen-bond donors (Lipinski definition) is 1. The van der Waals surface area contributed by atoms with E-state index in [2.05, 4.69) is 5.32 Å². The van der Waals surface area contributed by atoms with E-state index in [9.17, 15) is 26.3 Å².